The minimum Gasteiger partial charge on any atom is -0.491 e. The van der Waals surface area contributed by atoms with Crippen LogP contribution in [0.3, 0.4) is 0 Å². The van der Waals surface area contributed by atoms with Gasteiger partial charge in [0, 0.05) is 6.04 Å². The van der Waals surface area contributed by atoms with Gasteiger partial charge in [0.15, 0.2) is 0 Å². The van der Waals surface area contributed by atoms with E-state index in [-0.39, 0.29) is 12.3 Å². The summed E-state index contributed by atoms with van der Waals surface area (Å²) in [6, 6.07) is 8.08. The fourth-order valence-electron chi connectivity index (χ4n) is 1.34. The number of ether oxygens (including phenoxy) is 1. The second-order valence-electron chi connectivity index (χ2n) is 4.01. The van der Waals surface area contributed by atoms with Crippen molar-refractivity contribution in [2.75, 3.05) is 11.9 Å². The van der Waals surface area contributed by atoms with E-state index in [0.717, 1.165) is 17.9 Å². The molecule has 0 spiro atoms. The fourth-order valence-corrected chi connectivity index (χ4v) is 1.34. The summed E-state index contributed by atoms with van der Waals surface area (Å²) in [6.45, 7) is 4.54. The van der Waals surface area contributed by atoms with Crippen LogP contribution in [0.2, 0.25) is 0 Å². The van der Waals surface area contributed by atoms with Crippen molar-refractivity contribution in [3.05, 3.63) is 24.3 Å². The van der Waals surface area contributed by atoms with Crippen LogP contribution in [0.1, 0.15) is 26.7 Å². The molecule has 0 heterocycles. The molecule has 3 N–H and O–H groups in total. The molecule has 1 atom stereocenters. The number of hydrogen-bond donors (Lipinski definition) is 2. The fraction of sp³-hybridized carbons (Fsp3) is 0.462. The van der Waals surface area contributed by atoms with Crippen LogP contribution in [-0.4, -0.2) is 18.6 Å². The van der Waals surface area contributed by atoms with E-state index in [2.05, 4.69) is 19.2 Å². The van der Waals surface area contributed by atoms with Crippen LogP contribution in [0, 0.1) is 0 Å². The molecule has 0 fully saturated rings. The molecular weight excluding hydrogens is 216 g/mol. The van der Waals surface area contributed by atoms with Crippen molar-refractivity contribution in [3.63, 3.8) is 0 Å². The van der Waals surface area contributed by atoms with Crippen molar-refractivity contribution in [1.29, 1.82) is 0 Å². The van der Waals surface area contributed by atoms with Crippen LogP contribution < -0.4 is 15.8 Å². The van der Waals surface area contributed by atoms with Gasteiger partial charge in [0.25, 0.3) is 0 Å². The Morgan fingerprint density at radius 1 is 1.47 bits per heavy atom. The smallest absolute Gasteiger partial charge is 0.220 e. The number of para-hydroxylation sites is 2. The summed E-state index contributed by atoms with van der Waals surface area (Å²) in [5, 5.41) is 3.36. The molecule has 0 radical (unpaired) electrons. The second-order valence-corrected chi connectivity index (χ2v) is 4.01. The maximum atomic E-state index is 10.6. The van der Waals surface area contributed by atoms with E-state index in [9.17, 15) is 4.79 Å². The molecule has 1 unspecified atom stereocenters. The largest absolute Gasteiger partial charge is 0.491 e. The van der Waals surface area contributed by atoms with Crippen molar-refractivity contribution in [1.82, 2.24) is 0 Å². The van der Waals surface area contributed by atoms with Gasteiger partial charge in [-0.3, -0.25) is 4.79 Å². The van der Waals surface area contributed by atoms with Gasteiger partial charge in [-0.15, -0.1) is 0 Å². The maximum Gasteiger partial charge on any atom is 0.220 e. The summed E-state index contributed by atoms with van der Waals surface area (Å²) < 4.78 is 5.53. The topological polar surface area (TPSA) is 64.3 Å². The van der Waals surface area contributed by atoms with Gasteiger partial charge in [0.1, 0.15) is 5.75 Å². The van der Waals surface area contributed by atoms with Gasteiger partial charge < -0.3 is 15.8 Å². The van der Waals surface area contributed by atoms with Gasteiger partial charge in [0.05, 0.1) is 18.7 Å². The van der Waals surface area contributed by atoms with Crippen LogP contribution in [0.4, 0.5) is 5.69 Å². The lowest BCUT2D eigenvalue weighted by Crippen LogP contribution is -2.16. The molecule has 4 nitrogen and oxygen atoms in total. The van der Waals surface area contributed by atoms with Crippen LogP contribution >= 0.6 is 0 Å². The normalized spacial score (nSPS) is 11.9. The minimum atomic E-state index is -0.350. The van der Waals surface area contributed by atoms with Gasteiger partial charge >= 0.3 is 0 Å². The third-order valence-electron chi connectivity index (χ3n) is 2.51. The monoisotopic (exact) mass is 236 g/mol. The predicted molar refractivity (Wildman–Crippen MR) is 69.1 cm³/mol. The molecule has 0 aliphatic carbocycles. The van der Waals surface area contributed by atoms with Gasteiger partial charge in [-0.25, -0.2) is 0 Å². The summed E-state index contributed by atoms with van der Waals surface area (Å²) in [5.74, 6) is 0.409. The van der Waals surface area contributed by atoms with Crippen molar-refractivity contribution in [2.45, 2.75) is 32.7 Å². The Hall–Kier alpha value is -1.71. The van der Waals surface area contributed by atoms with Crippen molar-refractivity contribution in [3.8, 4) is 5.75 Å². The lowest BCUT2D eigenvalue weighted by molar-refractivity contribution is -0.118. The highest BCUT2D eigenvalue weighted by molar-refractivity contribution is 5.73. The zero-order chi connectivity index (χ0) is 12.7. The third kappa shape index (κ3) is 4.76. The van der Waals surface area contributed by atoms with E-state index >= 15 is 0 Å². The number of benzene rings is 1. The summed E-state index contributed by atoms with van der Waals surface area (Å²) >= 11 is 0. The molecule has 94 valence electrons. The zero-order valence-electron chi connectivity index (χ0n) is 10.4. The number of anilines is 1. The molecule has 0 saturated carbocycles. The Morgan fingerprint density at radius 2 is 2.18 bits per heavy atom. The second kappa shape index (κ2) is 6.78. The molecule has 0 aliphatic rings. The molecule has 0 bridgehead atoms. The van der Waals surface area contributed by atoms with Gasteiger partial charge in [-0.2, -0.15) is 0 Å². The van der Waals surface area contributed by atoms with Crippen molar-refractivity contribution >= 4 is 11.6 Å². The van der Waals surface area contributed by atoms with E-state index in [1.54, 1.807) is 0 Å². The predicted octanol–water partition coefficient (Wildman–Crippen LogP) is 2.15. The summed E-state index contributed by atoms with van der Waals surface area (Å²) in [5.41, 5.74) is 6.01. The molecular formula is C13H20N2O2. The molecule has 0 saturated heterocycles. The van der Waals surface area contributed by atoms with E-state index in [1.165, 1.54) is 0 Å². The minimum absolute atomic E-state index is 0.234. The Labute approximate surface area is 102 Å². The number of carbonyl (C=O) groups excluding carboxylic acids is 1. The highest BCUT2D eigenvalue weighted by Crippen LogP contribution is 2.24. The standard InChI is InChI=1S/C13H20N2O2/c1-3-10(2)15-11-6-4-5-7-12(11)17-9-8-13(14)16/h4-7,10,15H,3,8-9H2,1-2H3,(H2,14,16). The summed E-state index contributed by atoms with van der Waals surface area (Å²) in [6.07, 6.45) is 1.27. The molecule has 1 aromatic carbocycles. The van der Waals surface area contributed by atoms with Gasteiger partial charge in [-0.05, 0) is 25.5 Å². The lowest BCUT2D eigenvalue weighted by Gasteiger charge is -2.16. The molecule has 1 aromatic rings. The SMILES string of the molecule is CCC(C)Nc1ccccc1OCCC(N)=O. The third-order valence-corrected chi connectivity index (χ3v) is 2.51. The molecule has 1 amide bonds. The highest BCUT2D eigenvalue weighted by Gasteiger charge is 2.05. The molecule has 17 heavy (non-hydrogen) atoms. The number of primary amides is 1. The van der Waals surface area contributed by atoms with E-state index in [4.69, 9.17) is 10.5 Å². The number of nitrogens with one attached hydrogen (secondary N) is 1. The van der Waals surface area contributed by atoms with E-state index in [0.29, 0.717) is 12.6 Å². The average molecular weight is 236 g/mol. The summed E-state index contributed by atoms with van der Waals surface area (Å²) in [4.78, 5) is 10.6. The van der Waals surface area contributed by atoms with Crippen LogP contribution in [0.25, 0.3) is 0 Å². The highest BCUT2D eigenvalue weighted by atomic mass is 16.5. The zero-order valence-corrected chi connectivity index (χ0v) is 10.4. The van der Waals surface area contributed by atoms with E-state index < -0.39 is 0 Å². The van der Waals surface area contributed by atoms with Crippen molar-refractivity contribution in [2.24, 2.45) is 5.73 Å². The van der Waals surface area contributed by atoms with Crippen LogP contribution in [-0.2, 0) is 4.79 Å². The van der Waals surface area contributed by atoms with Crippen molar-refractivity contribution < 1.29 is 9.53 Å². The first kappa shape index (κ1) is 13.4. The average Bonchev–Trinajstić information content (AvgIpc) is 2.30. The molecule has 0 aromatic heterocycles. The number of carbonyl (C=O) groups is 1. The first-order valence-electron chi connectivity index (χ1n) is 5.90. The molecule has 1 rings (SSSR count). The van der Waals surface area contributed by atoms with Gasteiger partial charge in [0.2, 0.25) is 5.91 Å². The number of hydrogen-bond acceptors (Lipinski definition) is 3. The maximum absolute atomic E-state index is 10.6. The number of nitrogens with two attached hydrogens (primary N) is 1. The summed E-state index contributed by atoms with van der Waals surface area (Å²) in [7, 11) is 0. The Bertz CT molecular complexity index is 366. The van der Waals surface area contributed by atoms with Crippen LogP contribution in [0.5, 0.6) is 5.75 Å². The number of rotatable bonds is 7. The molecule has 4 heteroatoms. The first-order valence-corrected chi connectivity index (χ1v) is 5.90. The Morgan fingerprint density at radius 3 is 2.82 bits per heavy atom. The lowest BCUT2D eigenvalue weighted by atomic mass is 10.2. The molecule has 0 aliphatic heterocycles. The quantitative estimate of drug-likeness (QED) is 0.762. The number of amides is 1. The van der Waals surface area contributed by atoms with Crippen LogP contribution in [0.15, 0.2) is 24.3 Å². The Balaban J connectivity index is 2.60. The van der Waals surface area contributed by atoms with Gasteiger partial charge in [-0.1, -0.05) is 19.1 Å². The Kier molecular flexibility index (Phi) is 5.33. The first-order chi connectivity index (χ1) is 8.13. The van der Waals surface area contributed by atoms with E-state index in [1.807, 2.05) is 24.3 Å².